The first-order chi connectivity index (χ1) is 14.4. The van der Waals surface area contributed by atoms with Gasteiger partial charge in [-0.3, -0.25) is 9.78 Å². The molecule has 30 heavy (non-hydrogen) atoms. The molecule has 0 spiro atoms. The van der Waals surface area contributed by atoms with Crippen LogP contribution in [0.2, 0.25) is 0 Å². The SMILES string of the molecule is C=C/C=C(\OC)c1ccc(C)c(-c2ccc(NC(=O)c3c(F)cccc3F)cn2)c1. The van der Waals surface area contributed by atoms with Gasteiger partial charge in [-0.15, -0.1) is 0 Å². The molecule has 1 amide bonds. The summed E-state index contributed by atoms with van der Waals surface area (Å²) < 4.78 is 33.0. The molecule has 0 saturated carbocycles. The van der Waals surface area contributed by atoms with Gasteiger partial charge in [-0.25, -0.2) is 8.78 Å². The van der Waals surface area contributed by atoms with Crippen molar-refractivity contribution >= 4 is 17.4 Å². The van der Waals surface area contributed by atoms with Crippen molar-refractivity contribution in [3.05, 3.63) is 102 Å². The highest BCUT2D eigenvalue weighted by Crippen LogP contribution is 2.27. The number of aryl methyl sites for hydroxylation is 1. The number of halogens is 2. The van der Waals surface area contributed by atoms with E-state index < -0.39 is 23.1 Å². The maximum absolute atomic E-state index is 13.8. The van der Waals surface area contributed by atoms with Crippen LogP contribution in [0.1, 0.15) is 21.5 Å². The second-order valence-electron chi connectivity index (χ2n) is 6.48. The lowest BCUT2D eigenvalue weighted by Crippen LogP contribution is -2.15. The van der Waals surface area contributed by atoms with Crippen LogP contribution in [-0.2, 0) is 4.74 Å². The number of aromatic nitrogens is 1. The van der Waals surface area contributed by atoms with Gasteiger partial charge in [0.25, 0.3) is 5.91 Å². The van der Waals surface area contributed by atoms with Crippen molar-refractivity contribution in [1.29, 1.82) is 0 Å². The van der Waals surface area contributed by atoms with Gasteiger partial charge >= 0.3 is 0 Å². The fourth-order valence-corrected chi connectivity index (χ4v) is 2.98. The molecule has 0 saturated heterocycles. The average Bonchev–Trinajstić information content (AvgIpc) is 2.73. The molecule has 1 N–H and O–H groups in total. The van der Waals surface area contributed by atoms with E-state index in [2.05, 4.69) is 16.9 Å². The van der Waals surface area contributed by atoms with Crippen molar-refractivity contribution < 1.29 is 18.3 Å². The zero-order valence-electron chi connectivity index (χ0n) is 16.6. The van der Waals surface area contributed by atoms with Gasteiger partial charge in [-0.1, -0.05) is 30.9 Å². The van der Waals surface area contributed by atoms with Crippen molar-refractivity contribution in [2.24, 2.45) is 0 Å². The Kier molecular flexibility index (Phi) is 6.37. The summed E-state index contributed by atoms with van der Waals surface area (Å²) in [5.74, 6) is -2.06. The zero-order valence-corrected chi connectivity index (χ0v) is 16.6. The van der Waals surface area contributed by atoms with E-state index in [9.17, 15) is 13.6 Å². The molecule has 152 valence electrons. The molecule has 0 fully saturated rings. The Morgan fingerprint density at radius 3 is 2.47 bits per heavy atom. The first-order valence-electron chi connectivity index (χ1n) is 9.14. The van der Waals surface area contributed by atoms with E-state index in [0.29, 0.717) is 17.1 Å². The van der Waals surface area contributed by atoms with E-state index in [-0.39, 0.29) is 0 Å². The predicted molar refractivity (Wildman–Crippen MR) is 114 cm³/mol. The zero-order chi connectivity index (χ0) is 21.7. The number of anilines is 1. The summed E-state index contributed by atoms with van der Waals surface area (Å²) in [6.07, 6.45) is 4.85. The number of pyridine rings is 1. The van der Waals surface area contributed by atoms with Crippen molar-refractivity contribution in [3.63, 3.8) is 0 Å². The third-order valence-electron chi connectivity index (χ3n) is 4.50. The maximum atomic E-state index is 13.8. The summed E-state index contributed by atoms with van der Waals surface area (Å²) in [5.41, 5.74) is 3.13. The lowest BCUT2D eigenvalue weighted by molar-refractivity contribution is 0.101. The summed E-state index contributed by atoms with van der Waals surface area (Å²) in [5, 5.41) is 2.47. The Morgan fingerprint density at radius 2 is 1.87 bits per heavy atom. The Morgan fingerprint density at radius 1 is 1.13 bits per heavy atom. The van der Waals surface area contributed by atoms with E-state index >= 15 is 0 Å². The van der Waals surface area contributed by atoms with Crippen molar-refractivity contribution in [2.45, 2.75) is 6.92 Å². The lowest BCUT2D eigenvalue weighted by atomic mass is 10.0. The predicted octanol–water partition coefficient (Wildman–Crippen LogP) is 5.76. The number of hydrogen-bond donors (Lipinski definition) is 1. The quantitative estimate of drug-likeness (QED) is 0.418. The van der Waals surface area contributed by atoms with Crippen LogP contribution < -0.4 is 5.32 Å². The molecular formula is C24H20F2N2O2. The largest absolute Gasteiger partial charge is 0.496 e. The number of ether oxygens (including phenoxy) is 1. The van der Waals surface area contributed by atoms with Gasteiger partial charge in [0.2, 0.25) is 0 Å². The number of allylic oxidation sites excluding steroid dienone is 2. The molecular weight excluding hydrogens is 386 g/mol. The molecule has 0 bridgehead atoms. The smallest absolute Gasteiger partial charge is 0.261 e. The van der Waals surface area contributed by atoms with Gasteiger partial charge < -0.3 is 10.1 Å². The number of amides is 1. The van der Waals surface area contributed by atoms with Crippen LogP contribution in [0.3, 0.4) is 0 Å². The topological polar surface area (TPSA) is 51.2 Å². The highest BCUT2D eigenvalue weighted by Gasteiger charge is 2.17. The second kappa shape index (κ2) is 9.13. The molecule has 0 atom stereocenters. The Hall–Kier alpha value is -3.80. The van der Waals surface area contributed by atoms with Crippen LogP contribution in [-0.4, -0.2) is 18.0 Å². The second-order valence-corrected chi connectivity index (χ2v) is 6.48. The monoisotopic (exact) mass is 406 g/mol. The molecule has 1 heterocycles. The molecule has 4 nitrogen and oxygen atoms in total. The molecule has 0 aliphatic heterocycles. The van der Waals surface area contributed by atoms with Gasteiger partial charge in [0.15, 0.2) is 0 Å². The average molecular weight is 406 g/mol. The normalized spacial score (nSPS) is 11.1. The minimum absolute atomic E-state index is 0.323. The molecule has 1 aromatic heterocycles. The van der Waals surface area contributed by atoms with Crippen molar-refractivity contribution in [1.82, 2.24) is 4.98 Å². The number of benzene rings is 2. The summed E-state index contributed by atoms with van der Waals surface area (Å²) >= 11 is 0. The van der Waals surface area contributed by atoms with Gasteiger partial charge in [0, 0.05) is 11.1 Å². The fourth-order valence-electron chi connectivity index (χ4n) is 2.98. The molecule has 3 aromatic rings. The van der Waals surface area contributed by atoms with E-state index in [1.807, 2.05) is 25.1 Å². The number of nitrogens with one attached hydrogen (secondary N) is 1. The third-order valence-corrected chi connectivity index (χ3v) is 4.50. The van der Waals surface area contributed by atoms with Gasteiger partial charge in [0.05, 0.1) is 24.7 Å². The molecule has 3 rings (SSSR count). The summed E-state index contributed by atoms with van der Waals surface area (Å²) in [4.78, 5) is 16.6. The van der Waals surface area contributed by atoms with Gasteiger partial charge in [-0.2, -0.15) is 0 Å². The Bertz CT molecular complexity index is 1100. The van der Waals surface area contributed by atoms with Crippen molar-refractivity contribution in [3.8, 4) is 11.3 Å². The molecule has 0 aliphatic rings. The first kappa shape index (κ1) is 20.9. The minimum Gasteiger partial charge on any atom is -0.496 e. The highest BCUT2D eigenvalue weighted by molar-refractivity contribution is 6.04. The van der Waals surface area contributed by atoms with Crippen LogP contribution in [0.4, 0.5) is 14.5 Å². The van der Waals surface area contributed by atoms with Gasteiger partial charge in [0.1, 0.15) is 23.0 Å². The Labute approximate surface area is 173 Å². The maximum Gasteiger partial charge on any atom is 0.261 e. The van der Waals surface area contributed by atoms with Crippen LogP contribution >= 0.6 is 0 Å². The molecule has 6 heteroatoms. The van der Waals surface area contributed by atoms with Crippen LogP contribution in [0.5, 0.6) is 0 Å². The Balaban J connectivity index is 1.86. The van der Waals surface area contributed by atoms with E-state index in [0.717, 1.165) is 28.8 Å². The van der Waals surface area contributed by atoms with Gasteiger partial charge in [-0.05, 0) is 48.9 Å². The number of methoxy groups -OCH3 is 1. The summed E-state index contributed by atoms with van der Waals surface area (Å²) in [7, 11) is 1.59. The van der Waals surface area contributed by atoms with E-state index in [4.69, 9.17) is 4.74 Å². The van der Waals surface area contributed by atoms with E-state index in [1.165, 1.54) is 12.3 Å². The van der Waals surface area contributed by atoms with Crippen LogP contribution in [0, 0.1) is 18.6 Å². The number of rotatable bonds is 6. The highest BCUT2D eigenvalue weighted by atomic mass is 19.1. The number of nitrogens with zero attached hydrogens (tertiary/aromatic N) is 1. The summed E-state index contributed by atoms with van der Waals surface area (Å²) in [6, 6.07) is 12.5. The first-order valence-corrected chi connectivity index (χ1v) is 9.14. The molecule has 0 radical (unpaired) electrons. The third kappa shape index (κ3) is 4.43. The summed E-state index contributed by atoms with van der Waals surface area (Å²) in [6.45, 7) is 5.65. The van der Waals surface area contributed by atoms with Crippen LogP contribution in [0.25, 0.3) is 17.0 Å². The number of carbonyl (C=O) groups excluding carboxylic acids is 1. The minimum atomic E-state index is -0.925. The number of hydrogen-bond acceptors (Lipinski definition) is 3. The number of carbonyl (C=O) groups is 1. The lowest BCUT2D eigenvalue weighted by Gasteiger charge is -2.12. The molecule has 2 aromatic carbocycles. The fraction of sp³-hybridized carbons (Fsp3) is 0.0833. The molecule has 0 unspecified atom stereocenters. The standard InChI is InChI=1S/C24H20F2N2O2/c1-4-6-22(30-3)16-10-9-15(2)18(13-16)21-12-11-17(14-27-21)28-24(29)23-19(25)7-5-8-20(23)26/h4-14H,1H2,2-3H3,(H,28,29)/b22-6-. The molecule has 0 aliphatic carbocycles. The van der Waals surface area contributed by atoms with E-state index in [1.54, 1.807) is 31.4 Å². The van der Waals surface area contributed by atoms with Crippen LogP contribution in [0.15, 0.2) is 73.5 Å². The van der Waals surface area contributed by atoms with Crippen molar-refractivity contribution in [2.75, 3.05) is 12.4 Å².